The summed E-state index contributed by atoms with van der Waals surface area (Å²) in [7, 11) is 0. The van der Waals surface area contributed by atoms with Gasteiger partial charge >= 0.3 is 6.03 Å². The van der Waals surface area contributed by atoms with Gasteiger partial charge in [-0.1, -0.05) is 44.1 Å². The molecule has 0 aromatic heterocycles. The van der Waals surface area contributed by atoms with Crippen molar-refractivity contribution in [1.29, 1.82) is 0 Å². The fourth-order valence-corrected chi connectivity index (χ4v) is 7.47. The lowest BCUT2D eigenvalue weighted by Crippen LogP contribution is -2.60. The summed E-state index contributed by atoms with van der Waals surface area (Å²) in [5, 5.41) is 2.78. The molecule has 1 N–H and O–H groups in total. The van der Waals surface area contributed by atoms with Crippen molar-refractivity contribution in [3.63, 3.8) is 0 Å². The lowest BCUT2D eigenvalue weighted by molar-refractivity contribution is -0.138. The highest BCUT2D eigenvalue weighted by Gasteiger charge is 2.48. The lowest BCUT2D eigenvalue weighted by Gasteiger charge is -2.54. The minimum absolute atomic E-state index is 0.0135. The smallest absolute Gasteiger partial charge is 0.329 e. The Morgan fingerprint density at radius 1 is 1.08 bits per heavy atom. The lowest BCUT2D eigenvalue weighted by atomic mass is 9.68. The van der Waals surface area contributed by atoms with Gasteiger partial charge in [0.05, 0.1) is 18.2 Å². The predicted octanol–water partition coefficient (Wildman–Crippen LogP) is 4.05. The zero-order valence-electron chi connectivity index (χ0n) is 21.5. The van der Waals surface area contributed by atoms with Gasteiger partial charge in [0.25, 0.3) is 5.91 Å². The molecule has 7 heteroatoms. The second-order valence-corrected chi connectivity index (χ2v) is 11.7. The molecule has 2 bridgehead atoms. The van der Waals surface area contributed by atoms with Crippen LogP contribution in [0.25, 0.3) is 0 Å². The van der Waals surface area contributed by atoms with Gasteiger partial charge in [-0.3, -0.25) is 14.5 Å². The Labute approximate surface area is 213 Å². The maximum absolute atomic E-state index is 13.6. The fraction of sp³-hybridized carbons (Fsp3) is 0.621. The van der Waals surface area contributed by atoms with E-state index in [1.165, 1.54) is 42.7 Å². The number of fused-ring (bicyclic) bond motifs is 6. The molecular formula is C29H38N4O3. The van der Waals surface area contributed by atoms with Gasteiger partial charge in [-0.2, -0.15) is 0 Å². The average molecular weight is 491 g/mol. The van der Waals surface area contributed by atoms with Gasteiger partial charge in [0.15, 0.2) is 0 Å². The van der Waals surface area contributed by atoms with E-state index in [2.05, 4.69) is 30.1 Å². The van der Waals surface area contributed by atoms with E-state index < -0.39 is 12.1 Å². The molecule has 1 aromatic carbocycles. The number of hydrogen-bond acceptors (Lipinski definition) is 4. The van der Waals surface area contributed by atoms with E-state index in [-0.39, 0.29) is 24.3 Å². The molecule has 4 heterocycles. The number of carbonyl (C=O) groups is 3. The fourth-order valence-electron chi connectivity index (χ4n) is 7.47. The maximum Gasteiger partial charge on any atom is 0.329 e. The third kappa shape index (κ3) is 4.05. The topological polar surface area (TPSA) is 73.0 Å². The van der Waals surface area contributed by atoms with Gasteiger partial charge < -0.3 is 10.2 Å². The first-order valence-electron chi connectivity index (χ1n) is 13.9. The van der Waals surface area contributed by atoms with Gasteiger partial charge in [0.2, 0.25) is 5.91 Å². The number of anilines is 1. The maximum atomic E-state index is 13.6. The molecule has 7 nitrogen and oxygen atoms in total. The van der Waals surface area contributed by atoms with Gasteiger partial charge in [0, 0.05) is 19.1 Å². The molecule has 4 saturated heterocycles. The summed E-state index contributed by atoms with van der Waals surface area (Å²) in [6, 6.07) is 7.11. The number of likely N-dealkylation sites (tertiary alicyclic amines) is 1. The monoisotopic (exact) mass is 490 g/mol. The van der Waals surface area contributed by atoms with Gasteiger partial charge in [-0.15, -0.1) is 0 Å². The molecule has 0 saturated carbocycles. The molecule has 0 radical (unpaired) electrons. The predicted molar refractivity (Wildman–Crippen MR) is 139 cm³/mol. The van der Waals surface area contributed by atoms with Crippen LogP contribution in [0.4, 0.5) is 10.5 Å². The molecule has 1 aliphatic carbocycles. The van der Waals surface area contributed by atoms with Crippen molar-refractivity contribution < 1.29 is 14.4 Å². The Bertz CT molecular complexity index is 1080. The summed E-state index contributed by atoms with van der Waals surface area (Å²) in [6.45, 7) is 7.21. The molecule has 192 valence electrons. The molecule has 4 fully saturated rings. The van der Waals surface area contributed by atoms with Crippen molar-refractivity contribution in [3.05, 3.63) is 41.5 Å². The molecule has 0 spiro atoms. The number of rotatable bonds is 4. The highest BCUT2D eigenvalue weighted by Crippen LogP contribution is 2.45. The number of amides is 4. The Balaban J connectivity index is 1.17. The molecule has 4 amide bonds. The number of piperidine rings is 3. The van der Waals surface area contributed by atoms with Gasteiger partial charge in [0.1, 0.15) is 6.04 Å². The number of hydrogen-bond donors (Lipinski definition) is 1. The summed E-state index contributed by atoms with van der Waals surface area (Å²) in [5.41, 5.74) is 3.14. The van der Waals surface area contributed by atoms with E-state index in [1.807, 2.05) is 29.2 Å². The van der Waals surface area contributed by atoms with E-state index in [1.54, 1.807) is 0 Å². The van der Waals surface area contributed by atoms with Crippen LogP contribution < -0.4 is 10.2 Å². The van der Waals surface area contributed by atoms with Crippen LogP contribution in [-0.4, -0.2) is 65.4 Å². The standard InChI is InChI=1S/C29H38N4O3/c1-18(2)19-8-10-23(11-9-19)33-28(35)24(30-29(33)36)16-26(34)32-13-5-6-20-14-21-15-22(27(20)32)17-31-12-4-3-7-25(21)31/h8-11,14,18,21-22,24-25,27H,3-7,12-13,15-17H2,1-2H3,(H,30,36)/t21-,22-,24-,25-,27+/m0/s1. The van der Waals surface area contributed by atoms with Crippen molar-refractivity contribution in [2.45, 2.75) is 82.8 Å². The Hall–Kier alpha value is -2.67. The van der Waals surface area contributed by atoms with Crippen LogP contribution in [0.5, 0.6) is 0 Å². The van der Waals surface area contributed by atoms with Crippen LogP contribution in [0.1, 0.15) is 70.3 Å². The molecular weight excluding hydrogens is 452 g/mol. The summed E-state index contributed by atoms with van der Waals surface area (Å²) in [6.07, 6.45) is 9.66. The number of benzene rings is 1. The second kappa shape index (κ2) is 9.33. The molecule has 5 aliphatic rings. The third-order valence-electron chi connectivity index (χ3n) is 9.19. The summed E-state index contributed by atoms with van der Waals surface area (Å²) in [5.74, 6) is 1.11. The first kappa shape index (κ1) is 23.7. The van der Waals surface area contributed by atoms with E-state index >= 15 is 0 Å². The summed E-state index contributed by atoms with van der Waals surface area (Å²) in [4.78, 5) is 45.5. The summed E-state index contributed by atoms with van der Waals surface area (Å²) < 4.78 is 0. The van der Waals surface area contributed by atoms with Gasteiger partial charge in [-0.05, 0) is 74.1 Å². The zero-order chi connectivity index (χ0) is 25.0. The molecule has 5 atom stereocenters. The van der Waals surface area contributed by atoms with Crippen LogP contribution in [-0.2, 0) is 9.59 Å². The van der Waals surface area contributed by atoms with Crippen molar-refractivity contribution in [2.75, 3.05) is 24.5 Å². The molecule has 6 rings (SSSR count). The van der Waals surface area contributed by atoms with E-state index in [4.69, 9.17) is 0 Å². The average Bonchev–Trinajstić information content (AvgIpc) is 3.16. The highest BCUT2D eigenvalue weighted by atomic mass is 16.2. The molecule has 36 heavy (non-hydrogen) atoms. The summed E-state index contributed by atoms with van der Waals surface area (Å²) >= 11 is 0. The van der Waals surface area contributed by atoms with E-state index in [9.17, 15) is 14.4 Å². The number of nitrogens with one attached hydrogen (secondary N) is 1. The number of carbonyl (C=O) groups excluding carboxylic acids is 3. The minimum atomic E-state index is -0.807. The third-order valence-corrected chi connectivity index (χ3v) is 9.19. The zero-order valence-corrected chi connectivity index (χ0v) is 21.5. The van der Waals surface area contributed by atoms with Gasteiger partial charge in [-0.25, -0.2) is 9.69 Å². The van der Waals surface area contributed by atoms with E-state index in [0.29, 0.717) is 29.5 Å². The van der Waals surface area contributed by atoms with Crippen LogP contribution in [0.2, 0.25) is 0 Å². The van der Waals surface area contributed by atoms with Crippen molar-refractivity contribution in [2.24, 2.45) is 11.8 Å². The van der Waals surface area contributed by atoms with Crippen LogP contribution >= 0.6 is 0 Å². The largest absolute Gasteiger partial charge is 0.336 e. The van der Waals surface area contributed by atoms with Crippen molar-refractivity contribution >= 4 is 23.5 Å². The van der Waals surface area contributed by atoms with Crippen LogP contribution in [0.3, 0.4) is 0 Å². The Morgan fingerprint density at radius 3 is 2.67 bits per heavy atom. The molecule has 4 aliphatic heterocycles. The minimum Gasteiger partial charge on any atom is -0.336 e. The molecule has 1 aromatic rings. The first-order chi connectivity index (χ1) is 17.4. The number of imide groups is 1. The number of nitrogens with zero attached hydrogens (tertiary/aromatic N) is 3. The Kier molecular flexibility index (Phi) is 6.14. The second-order valence-electron chi connectivity index (χ2n) is 11.7. The normalized spacial score (nSPS) is 32.2. The van der Waals surface area contributed by atoms with Crippen LogP contribution in [0, 0.1) is 11.8 Å². The SMILES string of the molecule is CC(C)c1ccc(N2C(=O)N[C@@H](CC(=O)N3CCCC4=C[C@H]5C[C@@H](CN6CCCC[C@@H]56)[C@@H]43)C2=O)cc1. The van der Waals surface area contributed by atoms with Crippen LogP contribution in [0.15, 0.2) is 35.9 Å². The Morgan fingerprint density at radius 2 is 1.89 bits per heavy atom. The highest BCUT2D eigenvalue weighted by molar-refractivity contribution is 6.22. The molecule has 0 unspecified atom stereocenters. The van der Waals surface area contributed by atoms with Crippen molar-refractivity contribution in [3.8, 4) is 0 Å². The van der Waals surface area contributed by atoms with E-state index in [0.717, 1.165) is 31.5 Å². The van der Waals surface area contributed by atoms with Crippen molar-refractivity contribution in [1.82, 2.24) is 15.1 Å². The quantitative estimate of drug-likeness (QED) is 0.511. The number of urea groups is 1. The first-order valence-corrected chi connectivity index (χ1v) is 13.9.